The molecule has 5 heteroatoms. The number of anilines is 2. The average Bonchev–Trinajstić information content (AvgIpc) is 2.69. The van der Waals surface area contributed by atoms with Crippen LogP contribution in [0.15, 0.2) is 30.3 Å². The summed E-state index contributed by atoms with van der Waals surface area (Å²) in [5.41, 5.74) is 4.95. The third kappa shape index (κ3) is 3.93. The van der Waals surface area contributed by atoms with Crippen molar-refractivity contribution in [3.63, 3.8) is 0 Å². The molecule has 1 N–H and O–H groups in total. The number of ether oxygens (including phenoxy) is 2. The summed E-state index contributed by atoms with van der Waals surface area (Å²) in [6, 6.07) is 9.89. The average molecular weight is 383 g/mol. The Kier molecular flexibility index (Phi) is 6.12. The quantitative estimate of drug-likeness (QED) is 0.768. The summed E-state index contributed by atoms with van der Waals surface area (Å²) in [5.74, 6) is 1.26. The van der Waals surface area contributed by atoms with E-state index < -0.39 is 0 Å². The predicted octanol–water partition coefficient (Wildman–Crippen LogP) is 4.95. The number of nitrogens with one attached hydrogen (secondary N) is 1. The number of aryl methyl sites for hydroxylation is 2. The molecule has 0 fully saturated rings. The molecule has 0 radical (unpaired) electrons. The number of nitrogens with zero attached hydrogens (tertiary/aromatic N) is 1. The molecule has 150 valence electrons. The molecule has 2 aromatic rings. The summed E-state index contributed by atoms with van der Waals surface area (Å²) in [6.07, 6.45) is 0.948. The Labute approximate surface area is 167 Å². The molecule has 1 aliphatic heterocycles. The Morgan fingerprint density at radius 2 is 1.71 bits per heavy atom. The van der Waals surface area contributed by atoms with Crippen molar-refractivity contribution in [1.82, 2.24) is 0 Å². The highest BCUT2D eigenvalue weighted by molar-refractivity contribution is 6.08. The van der Waals surface area contributed by atoms with Crippen molar-refractivity contribution in [2.45, 2.75) is 47.1 Å². The predicted molar refractivity (Wildman–Crippen MR) is 114 cm³/mol. The summed E-state index contributed by atoms with van der Waals surface area (Å²) < 4.78 is 11.3. The topological polar surface area (TPSA) is 50.8 Å². The van der Waals surface area contributed by atoms with Crippen LogP contribution in [-0.2, 0) is 0 Å². The number of carbonyl (C=O) groups is 1. The highest BCUT2D eigenvalue weighted by Gasteiger charge is 2.29. The summed E-state index contributed by atoms with van der Waals surface area (Å²) in [7, 11) is 0. The first-order valence-corrected chi connectivity index (χ1v) is 10.1. The molecule has 3 rings (SSSR count). The summed E-state index contributed by atoms with van der Waals surface area (Å²) in [4.78, 5) is 15.3. The maximum Gasteiger partial charge on any atom is 0.258 e. The van der Waals surface area contributed by atoms with Gasteiger partial charge in [-0.05, 0) is 75.6 Å². The van der Waals surface area contributed by atoms with Crippen LogP contribution in [-0.4, -0.2) is 31.7 Å². The van der Waals surface area contributed by atoms with E-state index in [0.29, 0.717) is 36.8 Å². The first-order valence-electron chi connectivity index (χ1n) is 10.1. The van der Waals surface area contributed by atoms with Gasteiger partial charge >= 0.3 is 0 Å². The van der Waals surface area contributed by atoms with E-state index in [2.05, 4.69) is 38.2 Å². The molecule has 0 aromatic heterocycles. The molecule has 1 aliphatic rings. The highest BCUT2D eigenvalue weighted by atomic mass is 16.5. The molecule has 1 heterocycles. The Morgan fingerprint density at radius 1 is 1.04 bits per heavy atom. The van der Waals surface area contributed by atoms with Gasteiger partial charge in [-0.15, -0.1) is 0 Å². The van der Waals surface area contributed by atoms with E-state index in [9.17, 15) is 4.79 Å². The molecule has 0 aliphatic carbocycles. The molecule has 0 bridgehead atoms. The zero-order chi connectivity index (χ0) is 20.3. The Bertz CT molecular complexity index is 863. The van der Waals surface area contributed by atoms with Crippen molar-refractivity contribution in [2.75, 3.05) is 30.0 Å². The highest BCUT2D eigenvalue weighted by Crippen LogP contribution is 2.36. The molecule has 0 saturated heterocycles. The minimum atomic E-state index is -0.0199. The van der Waals surface area contributed by atoms with E-state index in [1.165, 1.54) is 11.1 Å². The van der Waals surface area contributed by atoms with E-state index >= 15 is 0 Å². The van der Waals surface area contributed by atoms with Gasteiger partial charge in [0.2, 0.25) is 0 Å². The van der Waals surface area contributed by atoms with Crippen molar-refractivity contribution < 1.29 is 14.3 Å². The van der Waals surface area contributed by atoms with Gasteiger partial charge in [0.05, 0.1) is 24.6 Å². The third-order valence-corrected chi connectivity index (χ3v) is 5.19. The van der Waals surface area contributed by atoms with Gasteiger partial charge in [0, 0.05) is 18.2 Å². The Morgan fingerprint density at radius 3 is 2.39 bits per heavy atom. The molecule has 1 amide bonds. The van der Waals surface area contributed by atoms with Gasteiger partial charge in [0.1, 0.15) is 0 Å². The van der Waals surface area contributed by atoms with Gasteiger partial charge in [0.15, 0.2) is 11.5 Å². The largest absolute Gasteiger partial charge is 0.490 e. The van der Waals surface area contributed by atoms with Gasteiger partial charge in [-0.2, -0.15) is 0 Å². The van der Waals surface area contributed by atoms with Crippen LogP contribution in [0, 0.1) is 13.8 Å². The van der Waals surface area contributed by atoms with Crippen molar-refractivity contribution >= 4 is 17.3 Å². The van der Waals surface area contributed by atoms with Crippen LogP contribution in [0.3, 0.4) is 0 Å². The molecule has 28 heavy (non-hydrogen) atoms. The summed E-state index contributed by atoms with van der Waals surface area (Å²) in [5, 5.41) is 3.57. The number of benzene rings is 2. The van der Waals surface area contributed by atoms with E-state index in [-0.39, 0.29) is 11.9 Å². The molecule has 1 unspecified atom stereocenters. The van der Waals surface area contributed by atoms with E-state index in [0.717, 1.165) is 17.8 Å². The lowest BCUT2D eigenvalue weighted by Crippen LogP contribution is -2.44. The van der Waals surface area contributed by atoms with Crippen LogP contribution in [0.4, 0.5) is 11.4 Å². The second-order valence-corrected chi connectivity index (χ2v) is 7.15. The molecular formula is C23H30N2O3. The van der Waals surface area contributed by atoms with Crippen LogP contribution >= 0.6 is 0 Å². The monoisotopic (exact) mass is 382 g/mol. The summed E-state index contributed by atoms with van der Waals surface area (Å²) >= 11 is 0. The molecule has 5 nitrogen and oxygen atoms in total. The van der Waals surface area contributed by atoms with Gasteiger partial charge < -0.3 is 19.7 Å². The first-order chi connectivity index (χ1) is 13.5. The number of fused-ring (bicyclic) bond motifs is 1. The normalized spacial score (nSPS) is 15.6. The van der Waals surface area contributed by atoms with E-state index in [4.69, 9.17) is 9.47 Å². The van der Waals surface area contributed by atoms with Gasteiger partial charge in [-0.1, -0.05) is 6.92 Å². The fraction of sp³-hybridized carbons (Fsp3) is 0.435. The zero-order valence-electron chi connectivity index (χ0n) is 17.5. The second kappa shape index (κ2) is 8.55. The van der Waals surface area contributed by atoms with Crippen LogP contribution in [0.25, 0.3) is 0 Å². The fourth-order valence-corrected chi connectivity index (χ4v) is 3.49. The molecular weight excluding hydrogens is 352 g/mol. The van der Waals surface area contributed by atoms with Crippen LogP contribution in [0.5, 0.6) is 11.5 Å². The van der Waals surface area contributed by atoms with Crippen molar-refractivity contribution in [1.29, 1.82) is 0 Å². The molecule has 0 spiro atoms. The molecule has 0 saturated carbocycles. The number of carbonyl (C=O) groups excluding carboxylic acids is 1. The lowest BCUT2D eigenvalue weighted by atomic mass is 10.0. The Hall–Kier alpha value is -2.69. The van der Waals surface area contributed by atoms with Crippen LogP contribution in [0.1, 0.15) is 48.7 Å². The van der Waals surface area contributed by atoms with Crippen LogP contribution in [0.2, 0.25) is 0 Å². The fourth-order valence-electron chi connectivity index (χ4n) is 3.49. The second-order valence-electron chi connectivity index (χ2n) is 7.15. The minimum absolute atomic E-state index is 0.0199. The van der Waals surface area contributed by atoms with Gasteiger partial charge in [-0.3, -0.25) is 4.79 Å². The SMILES string of the molecule is CCOc1ccc(C(=O)N2CC(CC)Nc3cc(C)c(C)cc32)cc1OCC. The number of rotatable bonds is 6. The van der Waals surface area contributed by atoms with Gasteiger partial charge in [0.25, 0.3) is 5.91 Å². The summed E-state index contributed by atoms with van der Waals surface area (Å²) in [6.45, 7) is 11.9. The minimum Gasteiger partial charge on any atom is -0.490 e. The third-order valence-electron chi connectivity index (χ3n) is 5.19. The maximum absolute atomic E-state index is 13.4. The van der Waals surface area contributed by atoms with Crippen molar-refractivity contribution in [3.05, 3.63) is 47.0 Å². The molecule has 2 aromatic carbocycles. The smallest absolute Gasteiger partial charge is 0.258 e. The first kappa shape index (κ1) is 20.1. The zero-order valence-corrected chi connectivity index (χ0v) is 17.5. The number of amides is 1. The van der Waals surface area contributed by atoms with Gasteiger partial charge in [-0.25, -0.2) is 0 Å². The standard InChI is InChI=1S/C23H30N2O3/c1-6-18-14-25(20-12-16(5)15(4)11-19(20)24-18)23(26)17-9-10-21(27-7-2)22(13-17)28-8-3/h9-13,18,24H,6-8,14H2,1-5H3. The molecule has 1 atom stereocenters. The lowest BCUT2D eigenvalue weighted by molar-refractivity contribution is 0.0984. The Balaban J connectivity index is 2.00. The van der Waals surface area contributed by atoms with E-state index in [1.807, 2.05) is 30.9 Å². The number of hydrogen-bond acceptors (Lipinski definition) is 4. The van der Waals surface area contributed by atoms with Crippen molar-refractivity contribution in [2.24, 2.45) is 0 Å². The van der Waals surface area contributed by atoms with Crippen molar-refractivity contribution in [3.8, 4) is 11.5 Å². The van der Waals surface area contributed by atoms with Crippen LogP contribution < -0.4 is 19.7 Å². The number of hydrogen-bond donors (Lipinski definition) is 1. The maximum atomic E-state index is 13.4. The lowest BCUT2D eigenvalue weighted by Gasteiger charge is -2.36. The van der Waals surface area contributed by atoms with E-state index in [1.54, 1.807) is 6.07 Å².